The molecule has 0 aliphatic carbocycles. The molecule has 2 heteroatoms. The summed E-state index contributed by atoms with van der Waals surface area (Å²) in [4.78, 5) is 0. The lowest BCUT2D eigenvalue weighted by atomic mass is 10.4. The highest BCUT2D eigenvalue weighted by Crippen LogP contribution is 2.58. The number of benzene rings is 1. The lowest BCUT2D eigenvalue weighted by Gasteiger charge is -2.26. The fourth-order valence-electron chi connectivity index (χ4n) is 2.08. The van der Waals surface area contributed by atoms with E-state index >= 15 is 0 Å². The molecule has 1 aromatic rings. The molecule has 1 aliphatic rings. The summed E-state index contributed by atoms with van der Waals surface area (Å²) in [5.74, 6) is 0. The molecule has 0 spiro atoms. The Morgan fingerprint density at radius 3 is 2.00 bits per heavy atom. The van der Waals surface area contributed by atoms with Gasteiger partial charge in [-0.05, 0) is 11.3 Å². The molecule has 0 nitrogen and oxygen atoms in total. The molecule has 74 valence electrons. The quantitative estimate of drug-likeness (QED) is 0.519. The van der Waals surface area contributed by atoms with Crippen LogP contribution >= 0.6 is 6.04 Å². The second-order valence-electron chi connectivity index (χ2n) is 3.91. The van der Waals surface area contributed by atoms with Gasteiger partial charge >= 0.3 is 0 Å². The third-order valence-electron chi connectivity index (χ3n) is 3.04. The largest absolute Gasteiger partial charge is 0.0914 e. The Labute approximate surface area is 91.0 Å². The van der Waals surface area contributed by atoms with Crippen molar-refractivity contribution in [2.45, 2.75) is 25.2 Å². The molecule has 1 heterocycles. The van der Waals surface area contributed by atoms with E-state index < -0.39 is 6.04 Å². The van der Waals surface area contributed by atoms with Crippen LogP contribution in [0.1, 0.15) is 13.8 Å². The van der Waals surface area contributed by atoms with E-state index in [1.54, 1.807) is 0 Å². The minimum absolute atomic E-state index is 0.565. The molecule has 0 fully saturated rings. The highest BCUT2D eigenvalue weighted by Gasteiger charge is 2.33. The van der Waals surface area contributed by atoms with Crippen molar-refractivity contribution in [2.24, 2.45) is 0 Å². The van der Waals surface area contributed by atoms with Crippen molar-refractivity contribution in [3.63, 3.8) is 0 Å². The maximum absolute atomic E-state index is 5.93. The summed E-state index contributed by atoms with van der Waals surface area (Å²) in [5.41, 5.74) is 1.13. The minimum Gasteiger partial charge on any atom is -0.0914 e. The smallest absolute Gasteiger partial charge is 0.00755 e. The van der Waals surface area contributed by atoms with Gasteiger partial charge in [0, 0.05) is 11.3 Å². The monoisotopic (exact) mass is 222 g/mol. The summed E-state index contributed by atoms with van der Waals surface area (Å²) in [7, 11) is 0. The molecule has 0 N–H and O–H groups in total. The molecule has 0 saturated carbocycles. The van der Waals surface area contributed by atoms with Crippen LogP contribution in [0.4, 0.5) is 0 Å². The van der Waals surface area contributed by atoms with Gasteiger partial charge in [-0.3, -0.25) is 0 Å². The molecule has 0 unspecified atom stereocenters. The Balaban J connectivity index is 2.48. The number of hydrogen-bond acceptors (Lipinski definition) is 1. The Hall–Kier alpha value is -0.390. The van der Waals surface area contributed by atoms with E-state index in [1.807, 2.05) is 0 Å². The molecule has 2 atom stereocenters. The van der Waals surface area contributed by atoms with Crippen molar-refractivity contribution in [1.82, 2.24) is 0 Å². The van der Waals surface area contributed by atoms with Crippen molar-refractivity contribution in [3.8, 4) is 0 Å². The predicted molar refractivity (Wildman–Crippen MR) is 68.4 cm³/mol. The van der Waals surface area contributed by atoms with Gasteiger partial charge in [0.05, 0.1) is 0 Å². The van der Waals surface area contributed by atoms with Crippen LogP contribution in [0.25, 0.3) is 0 Å². The zero-order chi connectivity index (χ0) is 10.2. The molecule has 1 aliphatic heterocycles. The topological polar surface area (TPSA) is 0 Å². The van der Waals surface area contributed by atoms with Gasteiger partial charge in [0.25, 0.3) is 0 Å². The minimum atomic E-state index is -1.38. The van der Waals surface area contributed by atoms with Gasteiger partial charge in [0.1, 0.15) is 0 Å². The van der Waals surface area contributed by atoms with Crippen LogP contribution in [0, 0.1) is 0 Å². The first-order valence-corrected chi connectivity index (χ1v) is 7.93. The van der Waals surface area contributed by atoms with Crippen LogP contribution in [0.15, 0.2) is 42.5 Å². The first kappa shape index (κ1) is 10.1. The van der Waals surface area contributed by atoms with E-state index in [0.717, 1.165) is 0 Å². The van der Waals surface area contributed by atoms with Crippen molar-refractivity contribution in [3.05, 3.63) is 42.5 Å². The van der Waals surface area contributed by atoms with Gasteiger partial charge in [-0.25, -0.2) is 0 Å². The van der Waals surface area contributed by atoms with E-state index in [2.05, 4.69) is 56.3 Å². The summed E-state index contributed by atoms with van der Waals surface area (Å²) in [5, 5.41) is 1.39. The lowest BCUT2D eigenvalue weighted by molar-refractivity contribution is 1.23. The molecule has 0 aromatic heterocycles. The van der Waals surface area contributed by atoms with Crippen LogP contribution < -0.4 is 5.30 Å². The maximum atomic E-state index is 5.93. The molecule has 0 saturated heterocycles. The third-order valence-corrected chi connectivity index (χ3v) is 9.54. The molecule has 0 radical (unpaired) electrons. The second-order valence-corrected chi connectivity index (χ2v) is 9.29. The second kappa shape index (κ2) is 3.64. The molecule has 1 aromatic carbocycles. The Kier molecular flexibility index (Phi) is 2.64. The predicted octanol–water partition coefficient (Wildman–Crippen LogP) is 3.14. The van der Waals surface area contributed by atoms with Gasteiger partial charge in [-0.1, -0.05) is 68.1 Å². The van der Waals surface area contributed by atoms with E-state index in [4.69, 9.17) is 11.8 Å². The van der Waals surface area contributed by atoms with Crippen LogP contribution in [-0.4, -0.2) is 11.3 Å². The van der Waals surface area contributed by atoms with E-state index in [-0.39, 0.29) is 0 Å². The van der Waals surface area contributed by atoms with Crippen LogP contribution in [0.5, 0.6) is 0 Å². The average Bonchev–Trinajstić information content (AvgIpc) is 2.49. The lowest BCUT2D eigenvalue weighted by Crippen LogP contribution is -2.15. The fraction of sp³-hybridized carbons (Fsp3) is 0.333. The van der Waals surface area contributed by atoms with E-state index in [1.165, 1.54) is 5.30 Å². The summed E-state index contributed by atoms with van der Waals surface area (Å²) < 4.78 is 0. The third kappa shape index (κ3) is 1.39. The SMILES string of the molecule is C[C@@H]1C=C[C@@H](C)P1(=S)c1ccccc1. The summed E-state index contributed by atoms with van der Waals surface area (Å²) in [6.45, 7) is 4.52. The van der Waals surface area contributed by atoms with Crippen LogP contribution in [-0.2, 0) is 11.8 Å². The van der Waals surface area contributed by atoms with Crippen molar-refractivity contribution in [1.29, 1.82) is 0 Å². The van der Waals surface area contributed by atoms with Gasteiger partial charge in [-0.15, -0.1) is 0 Å². The molecule has 2 rings (SSSR count). The highest BCUT2D eigenvalue weighted by atomic mass is 32.4. The number of hydrogen-bond donors (Lipinski definition) is 0. The van der Waals surface area contributed by atoms with Crippen molar-refractivity contribution in [2.75, 3.05) is 0 Å². The Morgan fingerprint density at radius 2 is 1.50 bits per heavy atom. The normalized spacial score (nSPS) is 29.3. The van der Waals surface area contributed by atoms with Crippen molar-refractivity contribution < 1.29 is 0 Å². The number of rotatable bonds is 1. The van der Waals surface area contributed by atoms with Gasteiger partial charge in [0.2, 0.25) is 0 Å². The zero-order valence-corrected chi connectivity index (χ0v) is 10.3. The van der Waals surface area contributed by atoms with E-state index in [0.29, 0.717) is 11.3 Å². The summed E-state index contributed by atoms with van der Waals surface area (Å²) >= 11 is 5.93. The maximum Gasteiger partial charge on any atom is 0.00755 e. The fourth-order valence-corrected chi connectivity index (χ4v) is 5.90. The van der Waals surface area contributed by atoms with Crippen molar-refractivity contribution >= 4 is 23.1 Å². The molecular weight excluding hydrogens is 207 g/mol. The van der Waals surface area contributed by atoms with Crippen LogP contribution in [0.3, 0.4) is 0 Å². The standard InChI is InChI=1S/C12H15PS/c1-10-8-9-11(2)13(10,14)12-6-4-3-5-7-12/h3-11H,1-2H3/t10-,11-/m1/s1. The van der Waals surface area contributed by atoms with Gasteiger partial charge in [0.15, 0.2) is 0 Å². The average molecular weight is 222 g/mol. The molecule has 0 bridgehead atoms. The summed E-state index contributed by atoms with van der Waals surface area (Å²) in [6.07, 6.45) is 4.58. The first-order chi connectivity index (χ1) is 6.65. The molecular formula is C12H15PS. The molecule has 14 heavy (non-hydrogen) atoms. The first-order valence-electron chi connectivity index (χ1n) is 4.99. The highest BCUT2D eigenvalue weighted by molar-refractivity contribution is 8.19. The summed E-state index contributed by atoms with van der Waals surface area (Å²) in [6, 6.07) is 9.26. The number of allylic oxidation sites excluding steroid dienone is 2. The zero-order valence-electron chi connectivity index (χ0n) is 8.55. The Bertz CT molecular complexity index is 378. The Morgan fingerprint density at radius 1 is 1.00 bits per heavy atom. The van der Waals surface area contributed by atoms with Crippen LogP contribution in [0.2, 0.25) is 0 Å². The molecule has 0 amide bonds. The van der Waals surface area contributed by atoms with Gasteiger partial charge in [-0.2, -0.15) is 0 Å². The van der Waals surface area contributed by atoms with Gasteiger partial charge < -0.3 is 0 Å². The van der Waals surface area contributed by atoms with E-state index in [9.17, 15) is 0 Å².